The van der Waals surface area contributed by atoms with Crippen LogP contribution in [0.2, 0.25) is 5.15 Å². The van der Waals surface area contributed by atoms with Crippen LogP contribution in [0.3, 0.4) is 0 Å². The molecule has 0 bridgehead atoms. The monoisotopic (exact) mass is 523 g/mol. The number of anilines is 2. The van der Waals surface area contributed by atoms with Gasteiger partial charge in [-0.3, -0.25) is 4.79 Å². The maximum atomic E-state index is 13.8. The standard InChI is InChI=1S/C29H28ClF2N3O2/c1-17-15-21(27-22(16-17)25(36)18(2)26(37-27)20-7-5-4-6-8-20)19(3)33-23-9-10-24(30)34-28(23)35-13-11-29(31,32)12-14-35/h4-10,15-16,19,33H,11-14H2,1-3H3/t19-/m1/s1. The number of rotatable bonds is 5. The Morgan fingerprint density at radius 2 is 1.78 bits per heavy atom. The second-order valence-corrected chi connectivity index (χ2v) is 10.1. The van der Waals surface area contributed by atoms with E-state index in [0.717, 1.165) is 16.7 Å². The van der Waals surface area contributed by atoms with Crippen molar-refractivity contribution < 1.29 is 13.2 Å². The van der Waals surface area contributed by atoms with Gasteiger partial charge in [-0.2, -0.15) is 0 Å². The number of piperidine rings is 1. The van der Waals surface area contributed by atoms with Gasteiger partial charge in [0.05, 0.1) is 17.1 Å². The maximum absolute atomic E-state index is 13.8. The highest BCUT2D eigenvalue weighted by Crippen LogP contribution is 2.36. The number of hydrogen-bond acceptors (Lipinski definition) is 5. The van der Waals surface area contributed by atoms with Gasteiger partial charge < -0.3 is 14.6 Å². The predicted molar refractivity (Wildman–Crippen MR) is 145 cm³/mol. The minimum Gasteiger partial charge on any atom is -0.455 e. The van der Waals surface area contributed by atoms with Gasteiger partial charge in [0, 0.05) is 42.6 Å². The Labute approximate surface area is 219 Å². The predicted octanol–water partition coefficient (Wildman–Crippen LogP) is 7.53. The van der Waals surface area contributed by atoms with Crippen LogP contribution in [0.4, 0.5) is 20.3 Å². The van der Waals surface area contributed by atoms with Crippen molar-refractivity contribution in [3.63, 3.8) is 0 Å². The lowest BCUT2D eigenvalue weighted by Crippen LogP contribution is -2.40. The third-order valence-electron chi connectivity index (χ3n) is 6.90. The summed E-state index contributed by atoms with van der Waals surface area (Å²) in [5, 5.41) is 4.29. The largest absolute Gasteiger partial charge is 0.455 e. The van der Waals surface area contributed by atoms with Crippen LogP contribution in [0.1, 0.15) is 42.5 Å². The number of alkyl halides is 2. The van der Waals surface area contributed by atoms with Gasteiger partial charge in [0.25, 0.3) is 5.92 Å². The van der Waals surface area contributed by atoms with Crippen LogP contribution < -0.4 is 15.6 Å². The van der Waals surface area contributed by atoms with Gasteiger partial charge in [0.2, 0.25) is 0 Å². The molecule has 1 atom stereocenters. The average molecular weight is 524 g/mol. The molecule has 1 aliphatic heterocycles. The molecular weight excluding hydrogens is 496 g/mol. The summed E-state index contributed by atoms with van der Waals surface area (Å²) in [7, 11) is 0. The quantitative estimate of drug-likeness (QED) is 0.274. The molecule has 1 fully saturated rings. The summed E-state index contributed by atoms with van der Waals surface area (Å²) in [5.74, 6) is -1.59. The Morgan fingerprint density at radius 3 is 2.49 bits per heavy atom. The Kier molecular flexibility index (Phi) is 6.67. The zero-order valence-electron chi connectivity index (χ0n) is 20.9. The van der Waals surface area contributed by atoms with Crippen molar-refractivity contribution >= 4 is 34.1 Å². The summed E-state index contributed by atoms with van der Waals surface area (Å²) in [6, 6.07) is 16.6. The fraction of sp³-hybridized carbons (Fsp3) is 0.310. The van der Waals surface area contributed by atoms with Gasteiger partial charge in [0.1, 0.15) is 16.5 Å². The number of halogens is 3. The van der Waals surface area contributed by atoms with Crippen LogP contribution >= 0.6 is 11.6 Å². The van der Waals surface area contributed by atoms with Crippen molar-refractivity contribution in [3.8, 4) is 11.3 Å². The van der Waals surface area contributed by atoms with Gasteiger partial charge in [-0.05, 0) is 44.5 Å². The van der Waals surface area contributed by atoms with Gasteiger partial charge >= 0.3 is 0 Å². The average Bonchev–Trinajstić information content (AvgIpc) is 2.87. The molecule has 1 saturated heterocycles. The number of nitrogens with one attached hydrogen (secondary N) is 1. The van der Waals surface area contributed by atoms with E-state index in [2.05, 4.69) is 10.3 Å². The molecule has 2 aromatic heterocycles. The molecule has 0 aliphatic carbocycles. The number of pyridine rings is 1. The molecule has 5 rings (SSSR count). The summed E-state index contributed by atoms with van der Waals surface area (Å²) in [4.78, 5) is 19.7. The van der Waals surface area contributed by atoms with E-state index >= 15 is 0 Å². The van der Waals surface area contributed by atoms with E-state index in [1.165, 1.54) is 0 Å². The van der Waals surface area contributed by atoms with Crippen molar-refractivity contribution in [2.45, 2.75) is 45.6 Å². The fourth-order valence-electron chi connectivity index (χ4n) is 4.89. The first-order valence-electron chi connectivity index (χ1n) is 12.3. The number of aryl methyl sites for hydroxylation is 1. The lowest BCUT2D eigenvalue weighted by atomic mass is 9.98. The van der Waals surface area contributed by atoms with Crippen molar-refractivity contribution in [2.75, 3.05) is 23.3 Å². The van der Waals surface area contributed by atoms with E-state index in [1.807, 2.05) is 67.3 Å². The topological polar surface area (TPSA) is 58.4 Å². The minimum atomic E-state index is -2.66. The van der Waals surface area contributed by atoms with Gasteiger partial charge in [-0.15, -0.1) is 0 Å². The first-order valence-corrected chi connectivity index (χ1v) is 12.7. The Balaban J connectivity index is 1.56. The zero-order chi connectivity index (χ0) is 26.3. The highest BCUT2D eigenvalue weighted by atomic mass is 35.5. The maximum Gasteiger partial charge on any atom is 0.251 e. The van der Waals surface area contributed by atoms with Crippen LogP contribution in [0.15, 0.2) is 63.8 Å². The third-order valence-corrected chi connectivity index (χ3v) is 7.11. The first kappa shape index (κ1) is 25.2. The molecule has 0 saturated carbocycles. The lowest BCUT2D eigenvalue weighted by molar-refractivity contribution is -0.0221. The van der Waals surface area contributed by atoms with E-state index in [9.17, 15) is 13.6 Å². The van der Waals surface area contributed by atoms with E-state index in [0.29, 0.717) is 39.0 Å². The number of benzene rings is 2. The Hall–Kier alpha value is -3.45. The van der Waals surface area contributed by atoms with Crippen LogP contribution in [-0.4, -0.2) is 24.0 Å². The number of aromatic nitrogens is 1. The van der Waals surface area contributed by atoms with E-state index in [4.69, 9.17) is 16.0 Å². The Bertz CT molecular complexity index is 1510. The summed E-state index contributed by atoms with van der Waals surface area (Å²) in [5.41, 5.74) is 4.26. The SMILES string of the molecule is Cc1cc([C@@H](C)Nc2ccc(Cl)nc2N2CCC(F)(F)CC2)c2oc(-c3ccccc3)c(C)c(=O)c2c1. The van der Waals surface area contributed by atoms with Gasteiger partial charge in [-0.1, -0.05) is 48.0 Å². The highest BCUT2D eigenvalue weighted by molar-refractivity contribution is 6.29. The smallest absolute Gasteiger partial charge is 0.251 e. The summed E-state index contributed by atoms with van der Waals surface area (Å²) in [6.07, 6.45) is -0.461. The van der Waals surface area contributed by atoms with E-state index < -0.39 is 5.92 Å². The molecule has 0 unspecified atom stereocenters. The molecule has 5 nitrogen and oxygen atoms in total. The van der Waals surface area contributed by atoms with Gasteiger partial charge in [-0.25, -0.2) is 13.8 Å². The van der Waals surface area contributed by atoms with Crippen molar-refractivity contribution in [2.24, 2.45) is 0 Å². The molecule has 192 valence electrons. The highest BCUT2D eigenvalue weighted by Gasteiger charge is 2.35. The second kappa shape index (κ2) is 9.78. The van der Waals surface area contributed by atoms with E-state index in [-0.39, 0.29) is 37.4 Å². The van der Waals surface area contributed by atoms with Crippen molar-refractivity contribution in [1.82, 2.24) is 4.98 Å². The second-order valence-electron chi connectivity index (χ2n) is 9.70. The molecular formula is C29H28ClF2N3O2. The molecule has 37 heavy (non-hydrogen) atoms. The molecule has 2 aromatic carbocycles. The van der Waals surface area contributed by atoms with Crippen molar-refractivity contribution in [1.29, 1.82) is 0 Å². The first-order chi connectivity index (χ1) is 17.6. The van der Waals surface area contributed by atoms with Gasteiger partial charge in [0.15, 0.2) is 11.2 Å². The molecule has 4 aromatic rings. The summed E-state index contributed by atoms with van der Waals surface area (Å²) < 4.78 is 34.0. The summed E-state index contributed by atoms with van der Waals surface area (Å²) >= 11 is 6.19. The van der Waals surface area contributed by atoms with Crippen molar-refractivity contribution in [3.05, 3.63) is 86.7 Å². The lowest BCUT2D eigenvalue weighted by Gasteiger charge is -2.34. The fourth-order valence-corrected chi connectivity index (χ4v) is 5.03. The molecule has 8 heteroatoms. The number of hydrogen-bond donors (Lipinski definition) is 1. The van der Waals surface area contributed by atoms with Crippen LogP contribution in [-0.2, 0) is 0 Å². The minimum absolute atomic E-state index is 0.0691. The number of nitrogens with zero attached hydrogens (tertiary/aromatic N) is 2. The zero-order valence-corrected chi connectivity index (χ0v) is 21.7. The molecule has 0 spiro atoms. The molecule has 1 N–H and O–H groups in total. The molecule has 3 heterocycles. The van der Waals surface area contributed by atoms with Crippen LogP contribution in [0.25, 0.3) is 22.3 Å². The third kappa shape index (κ3) is 5.05. The summed E-state index contributed by atoms with van der Waals surface area (Å²) in [6.45, 7) is 6.07. The molecule has 0 radical (unpaired) electrons. The molecule has 1 aliphatic rings. The van der Waals surface area contributed by atoms with E-state index in [1.54, 1.807) is 13.0 Å². The number of fused-ring (bicyclic) bond motifs is 1. The van der Waals surface area contributed by atoms with Crippen LogP contribution in [0, 0.1) is 13.8 Å². The Morgan fingerprint density at radius 1 is 1.08 bits per heavy atom. The van der Waals surface area contributed by atoms with Crippen LogP contribution in [0.5, 0.6) is 0 Å². The normalized spacial score (nSPS) is 16.1. The molecule has 0 amide bonds.